The highest BCUT2D eigenvalue weighted by atomic mass is 16.4. The van der Waals surface area contributed by atoms with Gasteiger partial charge in [-0.25, -0.2) is 4.68 Å². The van der Waals surface area contributed by atoms with E-state index in [4.69, 9.17) is 5.11 Å². The largest absolute Gasteiger partial charge is 0.481 e. The number of hydrogen-bond acceptors (Lipinski definition) is 3. The number of amides is 1. The summed E-state index contributed by atoms with van der Waals surface area (Å²) in [5.41, 5.74) is 3.51. The first-order valence-electron chi connectivity index (χ1n) is 8.58. The topological polar surface area (TPSA) is 75.4 Å². The highest BCUT2D eigenvalue weighted by Gasteiger charge is 2.27. The molecule has 0 unspecified atom stereocenters. The molecule has 1 saturated heterocycles. The van der Waals surface area contributed by atoms with E-state index in [1.165, 1.54) is 0 Å². The van der Waals surface area contributed by atoms with Gasteiger partial charge in [0.2, 0.25) is 0 Å². The number of likely N-dealkylation sites (tertiary alicyclic amines) is 1. The van der Waals surface area contributed by atoms with Gasteiger partial charge in [0.25, 0.3) is 5.91 Å². The Balaban J connectivity index is 1.73. The molecule has 1 fully saturated rings. The summed E-state index contributed by atoms with van der Waals surface area (Å²) in [4.78, 5) is 25.4. The lowest BCUT2D eigenvalue weighted by Gasteiger charge is -2.31. The van der Waals surface area contributed by atoms with Crippen LogP contribution in [0, 0.1) is 19.8 Å². The summed E-state index contributed by atoms with van der Waals surface area (Å²) in [6.45, 7) is 5.13. The predicted molar refractivity (Wildman–Crippen MR) is 93.9 cm³/mol. The molecule has 2 aromatic rings. The average Bonchev–Trinajstić information content (AvgIpc) is 2.96. The van der Waals surface area contributed by atoms with Gasteiger partial charge in [-0.1, -0.05) is 12.1 Å². The van der Waals surface area contributed by atoms with Crippen LogP contribution in [0.2, 0.25) is 0 Å². The molecule has 3 rings (SSSR count). The highest BCUT2D eigenvalue weighted by Crippen LogP contribution is 2.23. The van der Waals surface area contributed by atoms with E-state index in [1.54, 1.807) is 10.9 Å². The first-order chi connectivity index (χ1) is 12.0. The van der Waals surface area contributed by atoms with E-state index >= 15 is 0 Å². The van der Waals surface area contributed by atoms with Crippen molar-refractivity contribution >= 4 is 11.9 Å². The zero-order valence-corrected chi connectivity index (χ0v) is 14.6. The maximum Gasteiger partial charge on any atom is 0.303 e. The number of rotatable bonds is 4. The van der Waals surface area contributed by atoms with Crippen molar-refractivity contribution in [3.8, 4) is 5.69 Å². The number of piperidine rings is 1. The average molecular weight is 341 g/mol. The fourth-order valence-corrected chi connectivity index (χ4v) is 3.40. The quantitative estimate of drug-likeness (QED) is 0.928. The molecule has 0 bridgehead atoms. The molecule has 0 radical (unpaired) electrons. The van der Waals surface area contributed by atoms with Gasteiger partial charge < -0.3 is 10.0 Å². The second-order valence-corrected chi connectivity index (χ2v) is 6.73. The molecule has 0 saturated carbocycles. The molecule has 0 spiro atoms. The van der Waals surface area contributed by atoms with Crippen LogP contribution >= 0.6 is 0 Å². The summed E-state index contributed by atoms with van der Waals surface area (Å²) in [6.07, 6.45) is 3.29. The number of carbonyl (C=O) groups is 2. The van der Waals surface area contributed by atoms with Crippen LogP contribution in [0.1, 0.15) is 40.9 Å². The maximum atomic E-state index is 12.8. The first-order valence-corrected chi connectivity index (χ1v) is 8.58. The molecule has 2 heterocycles. The third-order valence-electron chi connectivity index (χ3n) is 4.85. The molecule has 0 atom stereocenters. The van der Waals surface area contributed by atoms with Crippen molar-refractivity contribution in [1.29, 1.82) is 0 Å². The summed E-state index contributed by atoms with van der Waals surface area (Å²) >= 11 is 0. The fourth-order valence-electron chi connectivity index (χ4n) is 3.40. The minimum absolute atomic E-state index is 0.0230. The Hall–Kier alpha value is -2.63. The second kappa shape index (κ2) is 7.09. The molecule has 25 heavy (non-hydrogen) atoms. The molecule has 0 aliphatic carbocycles. The van der Waals surface area contributed by atoms with Gasteiger partial charge in [0.1, 0.15) is 0 Å². The lowest BCUT2D eigenvalue weighted by atomic mass is 9.93. The zero-order valence-electron chi connectivity index (χ0n) is 14.6. The Morgan fingerprint density at radius 3 is 2.60 bits per heavy atom. The summed E-state index contributed by atoms with van der Waals surface area (Å²) < 4.78 is 1.79. The minimum atomic E-state index is -0.764. The van der Waals surface area contributed by atoms with Crippen LogP contribution in [0.5, 0.6) is 0 Å². The SMILES string of the molecule is Cc1cccc(-n2ncc(C(=O)N3CCC(CC(=O)O)CC3)c2C)c1. The number of carbonyl (C=O) groups excluding carboxylic acids is 1. The number of benzene rings is 1. The Morgan fingerprint density at radius 1 is 1.24 bits per heavy atom. The van der Waals surface area contributed by atoms with E-state index in [0.717, 1.165) is 29.8 Å². The van der Waals surface area contributed by atoms with Crippen molar-refractivity contribution in [2.45, 2.75) is 33.1 Å². The molecule has 1 aromatic heterocycles. The van der Waals surface area contributed by atoms with Gasteiger partial charge in [0.05, 0.1) is 23.1 Å². The van der Waals surface area contributed by atoms with Crippen LogP contribution in [-0.2, 0) is 4.79 Å². The van der Waals surface area contributed by atoms with Gasteiger partial charge in [-0.05, 0) is 50.3 Å². The summed E-state index contributed by atoms with van der Waals surface area (Å²) in [7, 11) is 0. The van der Waals surface area contributed by atoms with Gasteiger partial charge in [-0.3, -0.25) is 9.59 Å². The number of aryl methyl sites for hydroxylation is 1. The Morgan fingerprint density at radius 2 is 1.96 bits per heavy atom. The standard InChI is InChI=1S/C19H23N3O3/c1-13-4-3-5-16(10-13)22-14(2)17(12-20-22)19(25)21-8-6-15(7-9-21)11-18(23)24/h3-5,10,12,15H,6-9,11H2,1-2H3,(H,23,24). The summed E-state index contributed by atoms with van der Waals surface area (Å²) in [6, 6.07) is 8.00. The van der Waals surface area contributed by atoms with E-state index < -0.39 is 5.97 Å². The molecule has 132 valence electrons. The molecule has 6 heteroatoms. The van der Waals surface area contributed by atoms with Crippen molar-refractivity contribution in [2.75, 3.05) is 13.1 Å². The number of hydrogen-bond donors (Lipinski definition) is 1. The normalized spacial score (nSPS) is 15.4. The van der Waals surface area contributed by atoms with Gasteiger partial charge in [-0.2, -0.15) is 5.10 Å². The predicted octanol–water partition coefficient (Wildman–Crippen LogP) is 2.82. The second-order valence-electron chi connectivity index (χ2n) is 6.73. The van der Waals surface area contributed by atoms with Crippen molar-refractivity contribution in [3.63, 3.8) is 0 Å². The molecule has 1 amide bonds. The van der Waals surface area contributed by atoms with Crippen molar-refractivity contribution in [3.05, 3.63) is 47.3 Å². The highest BCUT2D eigenvalue weighted by molar-refractivity contribution is 5.95. The Labute approximate surface area is 147 Å². The molecule has 6 nitrogen and oxygen atoms in total. The van der Waals surface area contributed by atoms with Crippen LogP contribution < -0.4 is 0 Å². The van der Waals surface area contributed by atoms with Gasteiger partial charge in [0.15, 0.2) is 0 Å². The number of aromatic nitrogens is 2. The van der Waals surface area contributed by atoms with Crippen molar-refractivity contribution in [1.82, 2.24) is 14.7 Å². The molecular weight excluding hydrogens is 318 g/mol. The smallest absolute Gasteiger partial charge is 0.303 e. The van der Waals surface area contributed by atoms with Crippen molar-refractivity contribution < 1.29 is 14.7 Å². The summed E-state index contributed by atoms with van der Waals surface area (Å²) in [5.74, 6) is -0.622. The molecule has 1 N–H and O–H groups in total. The molecular formula is C19H23N3O3. The fraction of sp³-hybridized carbons (Fsp3) is 0.421. The molecule has 1 aromatic carbocycles. The monoisotopic (exact) mass is 341 g/mol. The van der Waals surface area contributed by atoms with Gasteiger partial charge in [0, 0.05) is 19.5 Å². The number of aliphatic carboxylic acids is 1. The van der Waals surface area contributed by atoms with Crippen LogP contribution in [0.15, 0.2) is 30.5 Å². The van der Waals surface area contributed by atoms with E-state index in [0.29, 0.717) is 18.7 Å². The number of carboxylic acid groups (broad SMARTS) is 1. The van der Waals surface area contributed by atoms with E-state index in [2.05, 4.69) is 5.10 Å². The van der Waals surface area contributed by atoms with Gasteiger partial charge in [-0.15, -0.1) is 0 Å². The number of nitrogens with zero attached hydrogens (tertiary/aromatic N) is 3. The maximum absolute atomic E-state index is 12.8. The third kappa shape index (κ3) is 3.73. The van der Waals surface area contributed by atoms with Crippen LogP contribution in [-0.4, -0.2) is 44.8 Å². The first kappa shape index (κ1) is 17.2. The number of carboxylic acids is 1. The molecule has 1 aliphatic heterocycles. The van der Waals surface area contributed by atoms with Crippen LogP contribution in [0.4, 0.5) is 0 Å². The Bertz CT molecular complexity index is 789. The van der Waals surface area contributed by atoms with E-state index in [9.17, 15) is 9.59 Å². The van der Waals surface area contributed by atoms with E-state index in [1.807, 2.05) is 43.0 Å². The van der Waals surface area contributed by atoms with Crippen molar-refractivity contribution in [2.24, 2.45) is 5.92 Å². The lowest BCUT2D eigenvalue weighted by molar-refractivity contribution is -0.138. The van der Waals surface area contributed by atoms with Crippen LogP contribution in [0.3, 0.4) is 0 Å². The minimum Gasteiger partial charge on any atom is -0.481 e. The summed E-state index contributed by atoms with van der Waals surface area (Å²) in [5, 5.41) is 13.3. The molecule has 1 aliphatic rings. The third-order valence-corrected chi connectivity index (χ3v) is 4.85. The lowest BCUT2D eigenvalue weighted by Crippen LogP contribution is -2.39. The van der Waals surface area contributed by atoms with Crippen LogP contribution in [0.25, 0.3) is 5.69 Å². The zero-order chi connectivity index (χ0) is 18.0. The van der Waals surface area contributed by atoms with E-state index in [-0.39, 0.29) is 18.2 Å². The Kier molecular flexibility index (Phi) is 4.88. The van der Waals surface area contributed by atoms with Gasteiger partial charge >= 0.3 is 5.97 Å².